The summed E-state index contributed by atoms with van der Waals surface area (Å²) >= 11 is 0. The van der Waals surface area contributed by atoms with Crippen molar-refractivity contribution in [2.24, 2.45) is 5.92 Å². The SMILES string of the molecule is C=CC[C@@H](CC(C)C)[Si](C)(C)c1ccccn1. The summed E-state index contributed by atoms with van der Waals surface area (Å²) in [4.78, 5) is 4.59. The van der Waals surface area contributed by atoms with Crippen molar-refractivity contribution in [3.05, 3.63) is 37.1 Å². The molecular formula is C15H25NSi. The number of rotatable bonds is 6. The standard InChI is InChI=1S/C15H25NSi/c1-6-9-14(12-13(2)3)17(4,5)15-10-7-8-11-16-15/h6-8,10-11,13-14H,1,9,12H2,2-5H3/t14-/m0/s1. The largest absolute Gasteiger partial charge is 0.266 e. The Bertz CT molecular complexity index is 343. The van der Waals surface area contributed by atoms with Crippen molar-refractivity contribution >= 4 is 13.4 Å². The zero-order valence-corrected chi connectivity index (χ0v) is 12.6. The van der Waals surface area contributed by atoms with Crippen LogP contribution in [0.2, 0.25) is 18.6 Å². The molecule has 2 heteroatoms. The Morgan fingerprint density at radius 2 is 2.06 bits per heavy atom. The summed E-state index contributed by atoms with van der Waals surface area (Å²) < 4.78 is 0. The summed E-state index contributed by atoms with van der Waals surface area (Å²) in [6.45, 7) is 13.4. The zero-order chi connectivity index (χ0) is 12.9. The Morgan fingerprint density at radius 3 is 2.53 bits per heavy atom. The molecule has 0 unspecified atom stereocenters. The molecule has 0 aliphatic carbocycles. The van der Waals surface area contributed by atoms with E-state index in [4.69, 9.17) is 0 Å². The van der Waals surface area contributed by atoms with Gasteiger partial charge in [-0.3, -0.25) is 4.98 Å². The van der Waals surface area contributed by atoms with E-state index in [1.807, 2.05) is 12.3 Å². The first-order chi connectivity index (χ1) is 7.98. The van der Waals surface area contributed by atoms with Crippen LogP contribution in [0, 0.1) is 5.92 Å². The van der Waals surface area contributed by atoms with Gasteiger partial charge in [-0.1, -0.05) is 39.1 Å². The van der Waals surface area contributed by atoms with Crippen LogP contribution in [-0.4, -0.2) is 13.1 Å². The number of nitrogens with zero attached hydrogens (tertiary/aromatic N) is 1. The maximum atomic E-state index is 4.59. The number of hydrogen-bond donors (Lipinski definition) is 0. The highest BCUT2D eigenvalue weighted by atomic mass is 28.3. The van der Waals surface area contributed by atoms with Crippen LogP contribution in [0.4, 0.5) is 0 Å². The fourth-order valence-electron chi connectivity index (χ4n) is 2.41. The maximum Gasteiger partial charge on any atom is 0.108 e. The molecule has 1 aromatic heterocycles. The topological polar surface area (TPSA) is 12.9 Å². The number of pyridine rings is 1. The number of allylic oxidation sites excluding steroid dienone is 1. The molecule has 0 N–H and O–H groups in total. The fourth-order valence-corrected chi connectivity index (χ4v) is 5.58. The van der Waals surface area contributed by atoms with Crippen molar-refractivity contribution in [1.29, 1.82) is 0 Å². The molecule has 0 aliphatic heterocycles. The van der Waals surface area contributed by atoms with Gasteiger partial charge in [0.1, 0.15) is 8.07 Å². The van der Waals surface area contributed by atoms with Crippen molar-refractivity contribution in [2.75, 3.05) is 0 Å². The normalized spacial score (nSPS) is 13.7. The van der Waals surface area contributed by atoms with Gasteiger partial charge < -0.3 is 0 Å². The molecule has 0 aliphatic rings. The molecule has 1 rings (SSSR count). The molecule has 0 bridgehead atoms. The van der Waals surface area contributed by atoms with E-state index in [-0.39, 0.29) is 0 Å². The molecule has 1 atom stereocenters. The summed E-state index contributed by atoms with van der Waals surface area (Å²) in [7, 11) is -1.47. The second-order valence-corrected chi connectivity index (χ2v) is 10.6. The molecule has 0 amide bonds. The lowest BCUT2D eigenvalue weighted by atomic mass is 10.1. The monoisotopic (exact) mass is 247 g/mol. The zero-order valence-electron chi connectivity index (χ0n) is 11.6. The third-order valence-corrected chi connectivity index (χ3v) is 7.68. The van der Waals surface area contributed by atoms with Gasteiger partial charge in [0.05, 0.1) is 0 Å². The minimum atomic E-state index is -1.47. The van der Waals surface area contributed by atoms with E-state index in [0.29, 0.717) is 0 Å². The quantitative estimate of drug-likeness (QED) is 0.547. The van der Waals surface area contributed by atoms with Crippen molar-refractivity contribution in [3.63, 3.8) is 0 Å². The van der Waals surface area contributed by atoms with E-state index >= 15 is 0 Å². The van der Waals surface area contributed by atoms with E-state index in [2.05, 4.69) is 56.7 Å². The van der Waals surface area contributed by atoms with Crippen LogP contribution in [0.15, 0.2) is 37.1 Å². The third kappa shape index (κ3) is 3.81. The maximum absolute atomic E-state index is 4.59. The summed E-state index contributed by atoms with van der Waals surface area (Å²) in [5, 5.41) is 1.33. The highest BCUT2D eigenvalue weighted by molar-refractivity contribution is 6.90. The Balaban J connectivity index is 2.94. The Labute approximate surface area is 107 Å². The minimum absolute atomic E-state index is 0.745. The highest BCUT2D eigenvalue weighted by Gasteiger charge is 2.34. The molecule has 0 radical (unpaired) electrons. The van der Waals surface area contributed by atoms with Crippen LogP contribution >= 0.6 is 0 Å². The smallest absolute Gasteiger partial charge is 0.108 e. The van der Waals surface area contributed by atoms with E-state index in [9.17, 15) is 0 Å². The Kier molecular flexibility index (Phi) is 5.13. The summed E-state index contributed by atoms with van der Waals surface area (Å²) in [6, 6.07) is 6.30. The van der Waals surface area contributed by atoms with E-state index in [1.54, 1.807) is 0 Å². The lowest BCUT2D eigenvalue weighted by Gasteiger charge is -2.32. The fraction of sp³-hybridized carbons (Fsp3) is 0.533. The van der Waals surface area contributed by atoms with E-state index in [0.717, 1.165) is 17.9 Å². The molecule has 1 aromatic rings. The average Bonchev–Trinajstić information content (AvgIpc) is 2.29. The second-order valence-electron chi connectivity index (χ2n) is 5.79. The second kappa shape index (κ2) is 6.15. The number of aromatic nitrogens is 1. The van der Waals surface area contributed by atoms with Gasteiger partial charge in [-0.15, -0.1) is 6.58 Å². The van der Waals surface area contributed by atoms with Gasteiger partial charge in [0.15, 0.2) is 0 Å². The molecule has 0 fully saturated rings. The Morgan fingerprint density at radius 1 is 1.35 bits per heavy atom. The van der Waals surface area contributed by atoms with E-state index < -0.39 is 8.07 Å². The summed E-state index contributed by atoms with van der Waals surface area (Å²) in [6.07, 6.45) is 6.39. The van der Waals surface area contributed by atoms with Crippen LogP contribution in [0.3, 0.4) is 0 Å². The molecule has 0 aromatic carbocycles. The molecule has 94 valence electrons. The molecule has 0 spiro atoms. The van der Waals surface area contributed by atoms with Crippen LogP contribution in [0.1, 0.15) is 26.7 Å². The van der Waals surface area contributed by atoms with Crippen molar-refractivity contribution < 1.29 is 0 Å². The van der Waals surface area contributed by atoms with Gasteiger partial charge in [-0.2, -0.15) is 0 Å². The first-order valence-electron chi connectivity index (χ1n) is 6.51. The molecule has 17 heavy (non-hydrogen) atoms. The van der Waals surface area contributed by atoms with Crippen molar-refractivity contribution in [1.82, 2.24) is 4.98 Å². The predicted octanol–water partition coefficient (Wildman–Crippen LogP) is 3.99. The first kappa shape index (κ1) is 14.2. The lowest BCUT2D eigenvalue weighted by Crippen LogP contribution is -2.47. The van der Waals surface area contributed by atoms with Gasteiger partial charge in [-0.05, 0) is 36.4 Å². The molecule has 1 nitrogen and oxygen atoms in total. The van der Waals surface area contributed by atoms with Gasteiger partial charge in [0.2, 0.25) is 0 Å². The highest BCUT2D eigenvalue weighted by Crippen LogP contribution is 2.31. The van der Waals surface area contributed by atoms with Crippen LogP contribution in [0.25, 0.3) is 0 Å². The van der Waals surface area contributed by atoms with E-state index in [1.165, 1.54) is 11.7 Å². The van der Waals surface area contributed by atoms with Gasteiger partial charge in [0, 0.05) is 11.5 Å². The predicted molar refractivity (Wildman–Crippen MR) is 79.4 cm³/mol. The summed E-state index contributed by atoms with van der Waals surface area (Å²) in [5.74, 6) is 0.746. The van der Waals surface area contributed by atoms with Crippen molar-refractivity contribution in [3.8, 4) is 0 Å². The molecule has 0 saturated heterocycles. The Hall–Kier alpha value is -0.893. The molecular weight excluding hydrogens is 222 g/mol. The van der Waals surface area contributed by atoms with Gasteiger partial charge in [-0.25, -0.2) is 0 Å². The molecule has 1 heterocycles. The summed E-state index contributed by atoms with van der Waals surface area (Å²) in [5.41, 5.74) is 0.745. The molecule has 0 saturated carbocycles. The van der Waals surface area contributed by atoms with Gasteiger partial charge >= 0.3 is 0 Å². The van der Waals surface area contributed by atoms with Crippen LogP contribution < -0.4 is 5.32 Å². The average molecular weight is 247 g/mol. The number of hydrogen-bond acceptors (Lipinski definition) is 1. The van der Waals surface area contributed by atoms with Crippen LogP contribution in [-0.2, 0) is 0 Å². The van der Waals surface area contributed by atoms with Crippen molar-refractivity contribution in [2.45, 2.75) is 45.3 Å². The first-order valence-corrected chi connectivity index (χ1v) is 9.58. The lowest BCUT2D eigenvalue weighted by molar-refractivity contribution is 0.550. The van der Waals surface area contributed by atoms with Crippen LogP contribution in [0.5, 0.6) is 0 Å². The minimum Gasteiger partial charge on any atom is -0.266 e. The third-order valence-electron chi connectivity index (χ3n) is 3.55. The van der Waals surface area contributed by atoms with Gasteiger partial charge in [0.25, 0.3) is 0 Å².